The molecule has 1 saturated carbocycles. The summed E-state index contributed by atoms with van der Waals surface area (Å²) in [4.78, 5) is 4.66. The molecule has 3 rings (SSSR count). The number of imidazole rings is 1. The monoisotopic (exact) mass is 358 g/mol. The van der Waals surface area contributed by atoms with Gasteiger partial charge in [0.05, 0.1) is 15.5 Å². The van der Waals surface area contributed by atoms with E-state index in [1.807, 2.05) is 0 Å². The Balaban J connectivity index is 2.14. The summed E-state index contributed by atoms with van der Waals surface area (Å²) in [5.41, 5.74) is 1.75. The Hall–Kier alpha value is -0.610. The minimum Gasteiger partial charge on any atom is -0.325 e. The third-order valence-electron chi connectivity index (χ3n) is 4.06. The lowest BCUT2D eigenvalue weighted by atomic mass is 9.95. The molecule has 0 saturated heterocycles. The molecule has 2 nitrogen and oxygen atoms in total. The quantitative estimate of drug-likeness (QED) is 0.687. The molecule has 0 aliphatic heterocycles. The van der Waals surface area contributed by atoms with Crippen molar-refractivity contribution in [2.75, 3.05) is 5.88 Å². The number of rotatable bonds is 3. The van der Waals surface area contributed by atoms with E-state index in [2.05, 4.69) is 25.5 Å². The Morgan fingerprint density at radius 3 is 2.75 bits per heavy atom. The summed E-state index contributed by atoms with van der Waals surface area (Å²) in [6.45, 7) is 0. The van der Waals surface area contributed by atoms with Gasteiger partial charge in [-0.1, -0.05) is 19.3 Å². The van der Waals surface area contributed by atoms with Gasteiger partial charge in [-0.05, 0) is 34.8 Å². The highest BCUT2D eigenvalue weighted by atomic mass is 79.9. The number of aryl methyl sites for hydroxylation is 1. The zero-order valence-electron chi connectivity index (χ0n) is 11.2. The lowest BCUT2D eigenvalue weighted by Gasteiger charge is -2.25. The van der Waals surface area contributed by atoms with Gasteiger partial charge >= 0.3 is 0 Å². The number of hydrogen-bond acceptors (Lipinski definition) is 1. The van der Waals surface area contributed by atoms with E-state index >= 15 is 0 Å². The predicted octanol–water partition coefficient (Wildman–Crippen LogP) is 5.22. The van der Waals surface area contributed by atoms with E-state index in [1.165, 1.54) is 19.3 Å². The molecule has 0 spiro atoms. The molecular formula is C15H17BrClFN2. The Morgan fingerprint density at radius 1 is 1.30 bits per heavy atom. The fourth-order valence-electron chi connectivity index (χ4n) is 3.15. The fourth-order valence-corrected chi connectivity index (χ4v) is 3.65. The van der Waals surface area contributed by atoms with Gasteiger partial charge in [0.15, 0.2) is 0 Å². The molecule has 1 aromatic carbocycles. The van der Waals surface area contributed by atoms with E-state index in [4.69, 9.17) is 11.6 Å². The predicted molar refractivity (Wildman–Crippen MR) is 83.9 cm³/mol. The average Bonchev–Trinajstić information content (AvgIpc) is 2.78. The van der Waals surface area contributed by atoms with E-state index < -0.39 is 0 Å². The highest BCUT2D eigenvalue weighted by molar-refractivity contribution is 9.10. The van der Waals surface area contributed by atoms with Crippen molar-refractivity contribution in [3.8, 4) is 0 Å². The van der Waals surface area contributed by atoms with Crippen molar-refractivity contribution in [2.24, 2.45) is 0 Å². The third-order valence-corrected chi connectivity index (χ3v) is 4.86. The molecule has 0 unspecified atom stereocenters. The van der Waals surface area contributed by atoms with E-state index in [0.29, 0.717) is 16.4 Å². The molecule has 108 valence electrons. The van der Waals surface area contributed by atoms with Crippen LogP contribution in [0, 0.1) is 5.82 Å². The van der Waals surface area contributed by atoms with Crippen LogP contribution in [-0.4, -0.2) is 15.4 Å². The molecule has 0 N–H and O–H groups in total. The second-order valence-corrected chi connectivity index (χ2v) is 6.62. The van der Waals surface area contributed by atoms with E-state index in [9.17, 15) is 4.39 Å². The van der Waals surface area contributed by atoms with Crippen molar-refractivity contribution in [2.45, 2.75) is 44.6 Å². The van der Waals surface area contributed by atoms with E-state index in [-0.39, 0.29) is 5.82 Å². The van der Waals surface area contributed by atoms with Crippen molar-refractivity contribution in [1.29, 1.82) is 0 Å². The van der Waals surface area contributed by atoms with Crippen molar-refractivity contribution in [3.63, 3.8) is 0 Å². The average molecular weight is 360 g/mol. The first-order valence-corrected chi connectivity index (χ1v) is 8.45. The topological polar surface area (TPSA) is 17.8 Å². The van der Waals surface area contributed by atoms with Crippen LogP contribution in [0.4, 0.5) is 4.39 Å². The second-order valence-electron chi connectivity index (χ2n) is 5.38. The number of fused-ring (bicyclic) bond motifs is 1. The summed E-state index contributed by atoms with van der Waals surface area (Å²) < 4.78 is 16.6. The Morgan fingerprint density at radius 2 is 2.05 bits per heavy atom. The van der Waals surface area contributed by atoms with E-state index in [1.54, 1.807) is 12.1 Å². The Labute approximate surface area is 131 Å². The lowest BCUT2D eigenvalue weighted by Crippen LogP contribution is -2.15. The van der Waals surface area contributed by atoms with Crippen LogP contribution >= 0.6 is 27.5 Å². The molecule has 0 bridgehead atoms. The Bertz CT molecular complexity index is 620. The number of benzene rings is 1. The van der Waals surface area contributed by atoms with Crippen LogP contribution in [0.2, 0.25) is 0 Å². The van der Waals surface area contributed by atoms with Crippen molar-refractivity contribution in [3.05, 3.63) is 28.2 Å². The normalized spacial score (nSPS) is 16.9. The smallest absolute Gasteiger partial charge is 0.139 e. The van der Waals surface area contributed by atoms with Gasteiger partial charge in [0.25, 0.3) is 0 Å². The minimum absolute atomic E-state index is 0.230. The molecule has 2 aromatic rings. The summed E-state index contributed by atoms with van der Waals surface area (Å²) in [5, 5.41) is 0. The van der Waals surface area contributed by atoms with Crippen LogP contribution in [0.5, 0.6) is 0 Å². The van der Waals surface area contributed by atoms with Crippen LogP contribution in [-0.2, 0) is 6.42 Å². The van der Waals surface area contributed by atoms with Crippen LogP contribution in [0.1, 0.15) is 44.0 Å². The molecule has 1 heterocycles. The zero-order valence-corrected chi connectivity index (χ0v) is 13.6. The molecular weight excluding hydrogens is 343 g/mol. The van der Waals surface area contributed by atoms with Crippen molar-refractivity contribution >= 4 is 38.6 Å². The van der Waals surface area contributed by atoms with Gasteiger partial charge < -0.3 is 4.57 Å². The van der Waals surface area contributed by atoms with Gasteiger partial charge in [0.1, 0.15) is 11.6 Å². The lowest BCUT2D eigenvalue weighted by molar-refractivity contribution is 0.353. The van der Waals surface area contributed by atoms with E-state index in [0.717, 1.165) is 36.1 Å². The number of hydrogen-bond donors (Lipinski definition) is 0. The summed E-state index contributed by atoms with van der Waals surface area (Å²) >= 11 is 9.14. The second kappa shape index (κ2) is 6.02. The summed E-state index contributed by atoms with van der Waals surface area (Å²) in [6, 6.07) is 3.80. The SMILES string of the molecule is Fc1cc2c(cc1Br)nc(CCCl)n2C1CCCCC1. The third kappa shape index (κ3) is 2.60. The van der Waals surface area contributed by atoms with Gasteiger partial charge in [-0.2, -0.15) is 0 Å². The Kier molecular flexibility index (Phi) is 4.32. The first-order chi connectivity index (χ1) is 9.70. The molecule has 1 aliphatic rings. The first kappa shape index (κ1) is 14.3. The van der Waals surface area contributed by atoms with Gasteiger partial charge in [0, 0.05) is 24.4 Å². The van der Waals surface area contributed by atoms with Gasteiger partial charge in [0.2, 0.25) is 0 Å². The number of aromatic nitrogens is 2. The molecule has 0 radical (unpaired) electrons. The summed E-state index contributed by atoms with van der Waals surface area (Å²) in [7, 11) is 0. The molecule has 1 fully saturated rings. The molecule has 20 heavy (non-hydrogen) atoms. The maximum Gasteiger partial charge on any atom is 0.139 e. The maximum atomic E-state index is 13.9. The zero-order chi connectivity index (χ0) is 14.1. The summed E-state index contributed by atoms with van der Waals surface area (Å²) in [5.74, 6) is 1.30. The van der Waals surface area contributed by atoms with Gasteiger partial charge in [-0.3, -0.25) is 0 Å². The minimum atomic E-state index is -0.230. The highest BCUT2D eigenvalue weighted by Gasteiger charge is 2.22. The van der Waals surface area contributed by atoms with Crippen LogP contribution in [0.3, 0.4) is 0 Å². The van der Waals surface area contributed by atoms with Crippen molar-refractivity contribution in [1.82, 2.24) is 9.55 Å². The molecule has 0 amide bonds. The molecule has 1 aliphatic carbocycles. The standard InChI is InChI=1S/C15H17BrClFN2/c16-11-8-13-14(9-12(11)18)20(15(19-13)6-7-17)10-4-2-1-3-5-10/h8-10H,1-7H2. The van der Waals surface area contributed by atoms with Gasteiger partial charge in [-0.25, -0.2) is 9.37 Å². The fraction of sp³-hybridized carbons (Fsp3) is 0.533. The molecule has 5 heteroatoms. The first-order valence-electron chi connectivity index (χ1n) is 7.12. The van der Waals surface area contributed by atoms with Crippen LogP contribution in [0.25, 0.3) is 11.0 Å². The number of alkyl halides is 1. The number of halogens is 3. The molecule has 1 aromatic heterocycles. The summed E-state index contributed by atoms with van der Waals surface area (Å²) in [6.07, 6.45) is 6.81. The largest absolute Gasteiger partial charge is 0.325 e. The number of nitrogens with zero attached hydrogens (tertiary/aromatic N) is 2. The molecule has 0 atom stereocenters. The highest BCUT2D eigenvalue weighted by Crippen LogP contribution is 2.34. The van der Waals surface area contributed by atoms with Crippen molar-refractivity contribution < 1.29 is 4.39 Å². The van der Waals surface area contributed by atoms with Crippen LogP contribution in [0.15, 0.2) is 16.6 Å². The maximum absolute atomic E-state index is 13.9. The van der Waals surface area contributed by atoms with Gasteiger partial charge in [-0.15, -0.1) is 11.6 Å². The van der Waals surface area contributed by atoms with Crippen LogP contribution < -0.4 is 0 Å².